The SMILES string of the molecule is CCCNC(=O)C(C)N1CCCC1=N. The van der Waals surface area contributed by atoms with Crippen LogP contribution in [0.1, 0.15) is 33.1 Å². The Morgan fingerprint density at radius 2 is 2.43 bits per heavy atom. The zero-order valence-electron chi connectivity index (χ0n) is 8.97. The van der Waals surface area contributed by atoms with Crippen molar-refractivity contribution in [2.24, 2.45) is 0 Å². The maximum atomic E-state index is 11.6. The summed E-state index contributed by atoms with van der Waals surface area (Å²) in [6.07, 6.45) is 2.77. The lowest BCUT2D eigenvalue weighted by Crippen LogP contribution is -2.45. The summed E-state index contributed by atoms with van der Waals surface area (Å²) < 4.78 is 0. The Morgan fingerprint density at radius 3 is 2.93 bits per heavy atom. The summed E-state index contributed by atoms with van der Waals surface area (Å²) in [5.74, 6) is 0.641. The molecule has 0 radical (unpaired) electrons. The minimum Gasteiger partial charge on any atom is -0.354 e. The van der Waals surface area contributed by atoms with Gasteiger partial charge in [-0.25, -0.2) is 0 Å². The Labute approximate surface area is 85.2 Å². The van der Waals surface area contributed by atoms with E-state index >= 15 is 0 Å². The summed E-state index contributed by atoms with van der Waals surface area (Å²) in [7, 11) is 0. The third kappa shape index (κ3) is 2.47. The van der Waals surface area contributed by atoms with E-state index < -0.39 is 0 Å². The van der Waals surface area contributed by atoms with E-state index in [1.54, 1.807) is 0 Å². The predicted octanol–water partition coefficient (Wildman–Crippen LogP) is 0.974. The van der Waals surface area contributed by atoms with Gasteiger partial charge in [-0.15, -0.1) is 0 Å². The van der Waals surface area contributed by atoms with Crippen LogP contribution in [0.2, 0.25) is 0 Å². The van der Waals surface area contributed by atoms with Gasteiger partial charge in [0.1, 0.15) is 6.04 Å². The van der Waals surface area contributed by atoms with Gasteiger partial charge in [-0.1, -0.05) is 6.92 Å². The summed E-state index contributed by atoms with van der Waals surface area (Å²) >= 11 is 0. The molecule has 1 aliphatic heterocycles. The van der Waals surface area contributed by atoms with Crippen LogP contribution in [0.4, 0.5) is 0 Å². The summed E-state index contributed by atoms with van der Waals surface area (Å²) in [5, 5.41) is 10.5. The Bertz CT molecular complexity index is 227. The van der Waals surface area contributed by atoms with Gasteiger partial charge in [-0.3, -0.25) is 10.2 Å². The van der Waals surface area contributed by atoms with E-state index in [0.29, 0.717) is 5.84 Å². The molecule has 2 N–H and O–H groups in total. The lowest BCUT2D eigenvalue weighted by molar-refractivity contribution is -0.124. The van der Waals surface area contributed by atoms with Crippen molar-refractivity contribution >= 4 is 11.7 Å². The van der Waals surface area contributed by atoms with E-state index in [1.807, 2.05) is 18.7 Å². The minimum absolute atomic E-state index is 0.0403. The van der Waals surface area contributed by atoms with Gasteiger partial charge in [0.15, 0.2) is 0 Å². The van der Waals surface area contributed by atoms with E-state index in [4.69, 9.17) is 5.41 Å². The minimum atomic E-state index is -0.184. The highest BCUT2D eigenvalue weighted by atomic mass is 16.2. The summed E-state index contributed by atoms with van der Waals surface area (Å²) in [5.41, 5.74) is 0. The van der Waals surface area contributed by atoms with Gasteiger partial charge in [0, 0.05) is 19.5 Å². The largest absolute Gasteiger partial charge is 0.354 e. The number of amidine groups is 1. The van der Waals surface area contributed by atoms with Crippen LogP contribution in [-0.2, 0) is 4.79 Å². The Morgan fingerprint density at radius 1 is 1.71 bits per heavy atom. The van der Waals surface area contributed by atoms with Crippen LogP contribution in [0.15, 0.2) is 0 Å². The molecule has 1 atom stereocenters. The highest BCUT2D eigenvalue weighted by Crippen LogP contribution is 2.13. The third-order valence-electron chi connectivity index (χ3n) is 2.56. The molecule has 0 spiro atoms. The van der Waals surface area contributed by atoms with Crippen molar-refractivity contribution in [3.63, 3.8) is 0 Å². The van der Waals surface area contributed by atoms with Crippen molar-refractivity contribution in [3.8, 4) is 0 Å². The van der Waals surface area contributed by atoms with Crippen molar-refractivity contribution in [1.29, 1.82) is 5.41 Å². The van der Waals surface area contributed by atoms with E-state index in [-0.39, 0.29) is 11.9 Å². The first-order valence-electron chi connectivity index (χ1n) is 5.28. The predicted molar refractivity (Wildman–Crippen MR) is 56.4 cm³/mol. The van der Waals surface area contributed by atoms with Crippen molar-refractivity contribution in [2.75, 3.05) is 13.1 Å². The molecular formula is C10H19N3O. The third-order valence-corrected chi connectivity index (χ3v) is 2.56. The summed E-state index contributed by atoms with van der Waals surface area (Å²) in [4.78, 5) is 13.5. The van der Waals surface area contributed by atoms with Crippen LogP contribution in [-0.4, -0.2) is 35.8 Å². The fraction of sp³-hybridized carbons (Fsp3) is 0.800. The first-order chi connectivity index (χ1) is 6.66. The molecule has 0 aromatic rings. The molecule has 1 unspecified atom stereocenters. The quantitative estimate of drug-likeness (QED) is 0.705. The second-order valence-corrected chi connectivity index (χ2v) is 3.71. The van der Waals surface area contributed by atoms with Gasteiger partial charge in [-0.05, 0) is 19.8 Å². The molecular weight excluding hydrogens is 178 g/mol. The average Bonchev–Trinajstić information content (AvgIpc) is 2.59. The molecule has 1 heterocycles. The molecule has 0 saturated carbocycles. The number of carbonyl (C=O) groups is 1. The van der Waals surface area contributed by atoms with E-state index in [9.17, 15) is 4.79 Å². The number of carbonyl (C=O) groups excluding carboxylic acids is 1. The van der Waals surface area contributed by atoms with Gasteiger partial charge in [-0.2, -0.15) is 0 Å². The van der Waals surface area contributed by atoms with E-state index in [0.717, 1.165) is 32.4 Å². The number of amides is 1. The average molecular weight is 197 g/mol. The Kier molecular flexibility index (Phi) is 3.92. The Hall–Kier alpha value is -1.06. The number of hydrogen-bond acceptors (Lipinski definition) is 2. The molecule has 4 heteroatoms. The fourth-order valence-corrected chi connectivity index (χ4v) is 1.66. The van der Waals surface area contributed by atoms with Crippen LogP contribution in [0, 0.1) is 5.41 Å². The molecule has 0 bridgehead atoms. The highest BCUT2D eigenvalue weighted by Gasteiger charge is 2.26. The molecule has 1 fully saturated rings. The molecule has 1 amide bonds. The first-order valence-corrected chi connectivity index (χ1v) is 5.28. The second kappa shape index (κ2) is 4.98. The number of nitrogens with one attached hydrogen (secondary N) is 2. The molecule has 4 nitrogen and oxygen atoms in total. The van der Waals surface area contributed by atoms with Crippen molar-refractivity contribution in [2.45, 2.75) is 39.2 Å². The van der Waals surface area contributed by atoms with Gasteiger partial charge >= 0.3 is 0 Å². The maximum Gasteiger partial charge on any atom is 0.242 e. The molecule has 0 aromatic heterocycles. The number of rotatable bonds is 4. The monoisotopic (exact) mass is 197 g/mol. The van der Waals surface area contributed by atoms with Crippen LogP contribution in [0.5, 0.6) is 0 Å². The molecule has 1 saturated heterocycles. The van der Waals surface area contributed by atoms with Crippen molar-refractivity contribution < 1.29 is 4.79 Å². The van der Waals surface area contributed by atoms with Crippen LogP contribution < -0.4 is 5.32 Å². The fourth-order valence-electron chi connectivity index (χ4n) is 1.66. The van der Waals surface area contributed by atoms with Crippen LogP contribution in [0.25, 0.3) is 0 Å². The zero-order valence-corrected chi connectivity index (χ0v) is 8.97. The van der Waals surface area contributed by atoms with Gasteiger partial charge in [0.25, 0.3) is 0 Å². The smallest absolute Gasteiger partial charge is 0.242 e. The molecule has 14 heavy (non-hydrogen) atoms. The highest BCUT2D eigenvalue weighted by molar-refractivity contribution is 5.89. The lowest BCUT2D eigenvalue weighted by atomic mass is 10.2. The normalized spacial score (nSPS) is 18.4. The van der Waals surface area contributed by atoms with Gasteiger partial charge < -0.3 is 10.2 Å². The molecule has 80 valence electrons. The van der Waals surface area contributed by atoms with Crippen molar-refractivity contribution in [3.05, 3.63) is 0 Å². The second-order valence-electron chi connectivity index (χ2n) is 3.71. The topological polar surface area (TPSA) is 56.2 Å². The van der Waals surface area contributed by atoms with E-state index in [2.05, 4.69) is 5.32 Å². The number of hydrogen-bond donors (Lipinski definition) is 2. The van der Waals surface area contributed by atoms with E-state index in [1.165, 1.54) is 0 Å². The van der Waals surface area contributed by atoms with Crippen LogP contribution >= 0.6 is 0 Å². The number of nitrogens with zero attached hydrogens (tertiary/aromatic N) is 1. The summed E-state index contributed by atoms with van der Waals surface area (Å²) in [6, 6.07) is -0.184. The molecule has 1 aliphatic rings. The van der Waals surface area contributed by atoms with Gasteiger partial charge in [0.05, 0.1) is 5.84 Å². The number of likely N-dealkylation sites (tertiary alicyclic amines) is 1. The maximum absolute atomic E-state index is 11.6. The zero-order chi connectivity index (χ0) is 10.6. The Balaban J connectivity index is 2.43. The van der Waals surface area contributed by atoms with Crippen LogP contribution in [0.3, 0.4) is 0 Å². The first kappa shape index (κ1) is 11.0. The molecule has 0 aromatic carbocycles. The van der Waals surface area contributed by atoms with Gasteiger partial charge in [0.2, 0.25) is 5.91 Å². The van der Waals surface area contributed by atoms with Crippen molar-refractivity contribution in [1.82, 2.24) is 10.2 Å². The summed E-state index contributed by atoms with van der Waals surface area (Å²) in [6.45, 7) is 5.47. The lowest BCUT2D eigenvalue weighted by Gasteiger charge is -2.24. The standard InChI is InChI=1S/C10H19N3O/c1-3-6-12-10(14)8(2)13-7-4-5-9(13)11/h8,11H,3-7H2,1-2H3,(H,12,14). The molecule has 1 rings (SSSR count). The molecule has 0 aliphatic carbocycles.